The first-order chi connectivity index (χ1) is 13.4. The maximum absolute atomic E-state index is 9.82. The van der Waals surface area contributed by atoms with E-state index in [0.717, 1.165) is 0 Å². The van der Waals surface area contributed by atoms with E-state index >= 15 is 0 Å². The van der Waals surface area contributed by atoms with Crippen LogP contribution in [0.15, 0.2) is 61.2 Å². The van der Waals surface area contributed by atoms with E-state index in [2.05, 4.69) is 86.6 Å². The van der Waals surface area contributed by atoms with Gasteiger partial charge in [-0.2, -0.15) is 0 Å². The molecule has 0 aliphatic heterocycles. The molecule has 29 heavy (non-hydrogen) atoms. The van der Waals surface area contributed by atoms with Crippen molar-refractivity contribution in [2.75, 3.05) is 0 Å². The Bertz CT molecular complexity index is 678. The zero-order valence-electron chi connectivity index (χ0n) is 16.4. The van der Waals surface area contributed by atoms with Crippen molar-refractivity contribution in [1.29, 1.82) is 0 Å². The summed E-state index contributed by atoms with van der Waals surface area (Å²) in [6.45, 7) is 8.67. The predicted octanol–water partition coefficient (Wildman–Crippen LogP) is 3.41. The number of nitrogens with zero attached hydrogens (tertiary/aromatic N) is 2. The lowest BCUT2D eigenvalue weighted by molar-refractivity contribution is -0.716. The van der Waals surface area contributed by atoms with Gasteiger partial charge in [-0.3, -0.25) is 0 Å². The van der Waals surface area contributed by atoms with E-state index in [1.54, 1.807) is 0 Å². The average molecular weight is 530 g/mol. The standard InChI is InChI=1S/2C8H12N.CBrClO6P2/c2*1-8(2)9-6-4-3-5-7-9;2-1(3,8-10(4)5)9-11(6)7/h2*3-8H,1-2H3;/q2*+1;. The largest absolute Gasteiger partial charge is 0.566 e. The molecule has 0 aliphatic rings. The molecule has 2 aromatic heterocycles. The van der Waals surface area contributed by atoms with Crippen LogP contribution >= 0.6 is 44.0 Å². The summed E-state index contributed by atoms with van der Waals surface area (Å²) in [5.74, 6) is 0. The zero-order chi connectivity index (χ0) is 22.4. The van der Waals surface area contributed by atoms with E-state index in [1.807, 2.05) is 36.4 Å². The predicted molar refractivity (Wildman–Crippen MR) is 109 cm³/mol. The van der Waals surface area contributed by atoms with Crippen molar-refractivity contribution in [3.63, 3.8) is 0 Å². The molecule has 8 nitrogen and oxygen atoms in total. The number of alkyl halides is 2. The van der Waals surface area contributed by atoms with Crippen LogP contribution in [0.5, 0.6) is 0 Å². The lowest BCUT2D eigenvalue weighted by Crippen LogP contribution is -2.34. The first-order valence-corrected chi connectivity index (χ1v) is 11.8. The molecule has 2 unspecified atom stereocenters. The van der Waals surface area contributed by atoms with Gasteiger partial charge in [-0.25, -0.2) is 9.13 Å². The van der Waals surface area contributed by atoms with E-state index in [1.165, 1.54) is 0 Å². The second kappa shape index (κ2) is 15.0. The highest BCUT2D eigenvalue weighted by atomic mass is 79.9. The van der Waals surface area contributed by atoms with Gasteiger partial charge >= 0.3 is 20.7 Å². The van der Waals surface area contributed by atoms with Gasteiger partial charge < -0.3 is 9.79 Å². The molecule has 0 fully saturated rings. The smallest absolute Gasteiger partial charge is 0.493 e. The molecule has 0 N–H and O–H groups in total. The molecular formula is C17H24BrClN2O6P2+2. The maximum Gasteiger partial charge on any atom is 0.493 e. The third kappa shape index (κ3) is 15.6. The summed E-state index contributed by atoms with van der Waals surface area (Å²) in [4.78, 5) is 19.6. The summed E-state index contributed by atoms with van der Waals surface area (Å²) in [6, 6.07) is 13.4. The van der Waals surface area contributed by atoms with E-state index in [4.69, 9.17) is 11.6 Å². The lowest BCUT2D eigenvalue weighted by Gasteiger charge is -2.05. The van der Waals surface area contributed by atoms with Gasteiger partial charge in [0.1, 0.15) is 0 Å². The van der Waals surface area contributed by atoms with E-state index in [-0.39, 0.29) is 0 Å². The fourth-order valence-electron chi connectivity index (χ4n) is 1.70. The van der Waals surface area contributed by atoms with Crippen molar-refractivity contribution in [3.05, 3.63) is 61.2 Å². The molecule has 0 saturated heterocycles. The molecule has 2 atom stereocenters. The van der Waals surface area contributed by atoms with Crippen LogP contribution in [0.3, 0.4) is 0 Å². The number of halogens is 2. The molecule has 160 valence electrons. The van der Waals surface area contributed by atoms with Crippen LogP contribution in [-0.4, -0.2) is 4.16 Å². The van der Waals surface area contributed by atoms with Gasteiger partial charge in [0, 0.05) is 40.2 Å². The topological polar surface area (TPSA) is 106 Å². The highest BCUT2D eigenvalue weighted by molar-refractivity contribution is 9.10. The van der Waals surface area contributed by atoms with Crippen molar-refractivity contribution < 1.29 is 37.1 Å². The first-order valence-electron chi connectivity index (χ1n) is 8.41. The molecule has 0 amide bonds. The Balaban J connectivity index is 0.000000408. The quantitative estimate of drug-likeness (QED) is 0.246. The molecule has 2 aromatic rings. The minimum atomic E-state index is -3.29. The van der Waals surface area contributed by atoms with Gasteiger partial charge in [0.15, 0.2) is 36.9 Å². The Morgan fingerprint density at radius 2 is 1.07 bits per heavy atom. The lowest BCUT2D eigenvalue weighted by atomic mass is 10.3. The molecule has 0 spiro atoms. The van der Waals surface area contributed by atoms with E-state index in [9.17, 15) is 18.9 Å². The zero-order valence-corrected chi connectivity index (χ0v) is 20.6. The number of hydrogen-bond donors (Lipinski definition) is 0. The molecule has 0 aliphatic carbocycles. The second-order valence-electron chi connectivity index (χ2n) is 5.93. The van der Waals surface area contributed by atoms with Crippen LogP contribution in [0.4, 0.5) is 0 Å². The summed E-state index contributed by atoms with van der Waals surface area (Å²) >= 11 is 7.37. The van der Waals surface area contributed by atoms with Crippen LogP contribution in [0.1, 0.15) is 39.8 Å². The monoisotopic (exact) mass is 528 g/mol. The molecular weight excluding hydrogens is 506 g/mol. The molecule has 2 heterocycles. The molecule has 0 radical (unpaired) electrons. The Kier molecular flexibility index (Phi) is 14.5. The van der Waals surface area contributed by atoms with Gasteiger partial charge in [-0.15, -0.1) is 0 Å². The average Bonchev–Trinajstić information content (AvgIpc) is 2.62. The van der Waals surface area contributed by atoms with E-state index < -0.39 is 20.7 Å². The molecule has 0 saturated carbocycles. The van der Waals surface area contributed by atoms with Crippen LogP contribution in [0, 0.1) is 0 Å². The maximum atomic E-state index is 9.82. The van der Waals surface area contributed by atoms with Crippen LogP contribution in [0.2, 0.25) is 0 Å². The fraction of sp³-hybridized carbons (Fsp3) is 0.412. The summed E-state index contributed by atoms with van der Waals surface area (Å²) in [7, 11) is -6.58. The van der Waals surface area contributed by atoms with Crippen molar-refractivity contribution in [3.8, 4) is 0 Å². The molecule has 2 rings (SSSR count). The van der Waals surface area contributed by atoms with Gasteiger partial charge in [0.2, 0.25) is 0 Å². The SMILES string of the molecule is CC(C)[n+]1ccccc1.CC(C)[n+]1ccccc1.O=[P+]([O-])OC(Cl)(Br)O[P+](=O)[O-]. The molecule has 0 bridgehead atoms. The summed E-state index contributed by atoms with van der Waals surface area (Å²) in [5, 5.41) is 0. The minimum absolute atomic E-state index is 0.575. The third-order valence-electron chi connectivity index (χ3n) is 3.03. The number of hydrogen-bond acceptors (Lipinski definition) is 6. The normalized spacial score (nSPS) is 13.4. The van der Waals surface area contributed by atoms with Crippen LogP contribution in [0.25, 0.3) is 0 Å². The highest BCUT2D eigenvalue weighted by Crippen LogP contribution is 2.39. The Labute approximate surface area is 186 Å². The highest BCUT2D eigenvalue weighted by Gasteiger charge is 2.39. The Morgan fingerprint density at radius 1 is 0.793 bits per heavy atom. The fourth-order valence-corrected chi connectivity index (χ4v) is 3.23. The minimum Gasteiger partial charge on any atom is -0.566 e. The number of rotatable bonds is 6. The summed E-state index contributed by atoms with van der Waals surface area (Å²) < 4.78 is 29.2. The number of aromatic nitrogens is 2. The van der Waals surface area contributed by atoms with Crippen molar-refractivity contribution in [2.45, 2.75) is 43.9 Å². The third-order valence-corrected chi connectivity index (χ3v) is 5.04. The molecule has 0 aromatic carbocycles. The molecule has 12 heteroatoms. The van der Waals surface area contributed by atoms with Crippen molar-refractivity contribution in [1.82, 2.24) is 0 Å². The van der Waals surface area contributed by atoms with Gasteiger partial charge in [0.05, 0.1) is 0 Å². The van der Waals surface area contributed by atoms with E-state index in [0.29, 0.717) is 12.1 Å². The first kappa shape index (κ1) is 28.1. The van der Waals surface area contributed by atoms with Gasteiger partial charge in [-0.05, 0) is 48.4 Å². The van der Waals surface area contributed by atoms with Crippen molar-refractivity contribution in [2.24, 2.45) is 0 Å². The van der Waals surface area contributed by atoms with Crippen molar-refractivity contribution >= 4 is 44.0 Å². The number of pyridine rings is 2. The van der Waals surface area contributed by atoms with Gasteiger partial charge in [0.25, 0.3) is 0 Å². The van der Waals surface area contributed by atoms with Crippen LogP contribution in [-0.2, 0) is 18.2 Å². The van der Waals surface area contributed by atoms with Crippen LogP contribution < -0.4 is 18.9 Å². The Morgan fingerprint density at radius 3 is 1.24 bits per heavy atom. The van der Waals surface area contributed by atoms with Gasteiger partial charge in [-0.1, -0.05) is 21.2 Å². The summed E-state index contributed by atoms with van der Waals surface area (Å²) in [6.07, 6.45) is 8.30. The summed E-state index contributed by atoms with van der Waals surface area (Å²) in [5.41, 5.74) is 0. The Hall–Kier alpha value is -0.890. The second-order valence-corrected chi connectivity index (χ2v) is 9.18.